The highest BCUT2D eigenvalue weighted by Gasteiger charge is 2.10. The Morgan fingerprint density at radius 1 is 1.05 bits per heavy atom. The molecule has 0 radical (unpaired) electrons. The zero-order valence-corrected chi connectivity index (χ0v) is 26.0. The van der Waals surface area contributed by atoms with Crippen LogP contribution in [0.25, 0.3) is 11.3 Å². The Morgan fingerprint density at radius 2 is 1.77 bits per heavy atom. The minimum absolute atomic E-state index is 0.300. The standard InChI is InChI=1S/C29H27Br2ClN4O2S/c1-2-3-4-5-14-38-27-24(30)15-19(16-25(27)31)17-33-36-28(37)21-8-6-20(7-9-21)26-18-39-29(35-26)34-23-12-10-22(32)11-13-23/h6-13,15-18H,2-5,14H2,1H3,(H,34,35)(H,36,37)/b33-17-. The van der Waals surface area contributed by atoms with Crippen molar-refractivity contribution in [3.63, 3.8) is 0 Å². The molecule has 2 N–H and O–H groups in total. The summed E-state index contributed by atoms with van der Waals surface area (Å²) in [6.07, 6.45) is 6.19. The van der Waals surface area contributed by atoms with E-state index in [1.54, 1.807) is 18.3 Å². The van der Waals surface area contributed by atoms with Gasteiger partial charge < -0.3 is 10.1 Å². The Bertz CT molecular complexity index is 1400. The smallest absolute Gasteiger partial charge is 0.271 e. The summed E-state index contributed by atoms with van der Waals surface area (Å²) in [6.45, 7) is 2.86. The fourth-order valence-corrected chi connectivity index (χ4v) is 5.95. The number of halogens is 3. The van der Waals surface area contributed by atoms with Gasteiger partial charge in [-0.25, -0.2) is 10.4 Å². The molecule has 39 heavy (non-hydrogen) atoms. The number of nitrogens with one attached hydrogen (secondary N) is 2. The number of hydrogen-bond donors (Lipinski definition) is 2. The van der Waals surface area contributed by atoms with Gasteiger partial charge in [-0.3, -0.25) is 4.79 Å². The van der Waals surface area contributed by atoms with Crippen LogP contribution in [0.1, 0.15) is 48.5 Å². The van der Waals surface area contributed by atoms with Crippen molar-refractivity contribution in [3.05, 3.63) is 91.1 Å². The van der Waals surface area contributed by atoms with Gasteiger partial charge in [-0.2, -0.15) is 5.10 Å². The number of unbranched alkanes of at least 4 members (excludes halogenated alkanes) is 3. The molecule has 10 heteroatoms. The molecule has 0 aliphatic rings. The van der Waals surface area contributed by atoms with E-state index in [4.69, 9.17) is 16.3 Å². The van der Waals surface area contributed by atoms with Gasteiger partial charge in [0.15, 0.2) is 5.13 Å². The number of nitrogens with zero attached hydrogens (tertiary/aromatic N) is 2. The molecule has 202 valence electrons. The second-order valence-corrected chi connectivity index (χ2v) is 11.7. The van der Waals surface area contributed by atoms with Crippen molar-refractivity contribution in [2.45, 2.75) is 32.6 Å². The highest BCUT2D eigenvalue weighted by Crippen LogP contribution is 2.34. The first kappa shape index (κ1) is 29.3. The zero-order valence-electron chi connectivity index (χ0n) is 21.2. The summed E-state index contributed by atoms with van der Waals surface area (Å²) < 4.78 is 7.57. The molecule has 6 nitrogen and oxygen atoms in total. The number of amides is 1. The average molecular weight is 691 g/mol. The fraction of sp³-hybridized carbons (Fsp3) is 0.207. The lowest BCUT2D eigenvalue weighted by Gasteiger charge is -2.11. The Balaban J connectivity index is 1.31. The molecule has 0 unspecified atom stereocenters. The topological polar surface area (TPSA) is 75.6 Å². The first-order chi connectivity index (χ1) is 18.9. The van der Waals surface area contributed by atoms with Gasteiger partial charge in [-0.1, -0.05) is 49.9 Å². The van der Waals surface area contributed by atoms with Crippen molar-refractivity contribution >= 4 is 77.7 Å². The molecule has 1 aromatic heterocycles. The van der Waals surface area contributed by atoms with Crippen LogP contribution in [0.15, 0.2) is 80.1 Å². The second-order valence-electron chi connectivity index (χ2n) is 8.67. The molecule has 0 saturated heterocycles. The molecule has 0 saturated carbocycles. The van der Waals surface area contributed by atoms with E-state index < -0.39 is 0 Å². The van der Waals surface area contributed by atoms with Gasteiger partial charge in [-0.05, 0) is 92.4 Å². The molecule has 0 spiro atoms. The molecule has 0 aliphatic carbocycles. The van der Waals surface area contributed by atoms with E-state index in [-0.39, 0.29) is 5.91 Å². The molecule has 0 aliphatic heterocycles. The monoisotopic (exact) mass is 688 g/mol. The lowest BCUT2D eigenvalue weighted by Crippen LogP contribution is -2.17. The van der Waals surface area contributed by atoms with Crippen LogP contribution in [0.2, 0.25) is 5.02 Å². The number of anilines is 2. The van der Waals surface area contributed by atoms with Crippen LogP contribution in [0.3, 0.4) is 0 Å². The third kappa shape index (κ3) is 8.63. The molecule has 0 fully saturated rings. The largest absolute Gasteiger partial charge is 0.491 e. The molecule has 0 bridgehead atoms. The highest BCUT2D eigenvalue weighted by molar-refractivity contribution is 9.11. The van der Waals surface area contributed by atoms with Gasteiger partial charge in [0.2, 0.25) is 0 Å². The maximum atomic E-state index is 12.6. The number of carbonyl (C=O) groups excluding carboxylic acids is 1. The molecule has 1 heterocycles. The number of thiazole rings is 1. The van der Waals surface area contributed by atoms with E-state index in [1.165, 1.54) is 24.2 Å². The van der Waals surface area contributed by atoms with Crippen LogP contribution >= 0.6 is 54.8 Å². The van der Waals surface area contributed by atoms with Crippen LogP contribution in [-0.4, -0.2) is 23.7 Å². The highest BCUT2D eigenvalue weighted by atomic mass is 79.9. The Labute approximate surface area is 254 Å². The van der Waals surface area contributed by atoms with Crippen molar-refractivity contribution in [2.24, 2.45) is 5.10 Å². The van der Waals surface area contributed by atoms with Crippen molar-refractivity contribution in [1.29, 1.82) is 0 Å². The molecule has 3 aromatic carbocycles. The summed E-state index contributed by atoms with van der Waals surface area (Å²) >= 11 is 14.6. The molecule has 4 aromatic rings. The summed E-state index contributed by atoms with van der Waals surface area (Å²) in [5, 5.41) is 10.8. The van der Waals surface area contributed by atoms with Gasteiger partial charge >= 0.3 is 0 Å². The van der Waals surface area contributed by atoms with Crippen LogP contribution in [-0.2, 0) is 0 Å². The molecular weight excluding hydrogens is 664 g/mol. The number of hydrogen-bond acceptors (Lipinski definition) is 6. The Kier molecular flexibility index (Phi) is 11.0. The summed E-state index contributed by atoms with van der Waals surface area (Å²) in [6, 6.07) is 18.5. The van der Waals surface area contributed by atoms with E-state index in [0.717, 1.165) is 55.2 Å². The normalized spacial score (nSPS) is 11.1. The minimum atomic E-state index is -0.300. The lowest BCUT2D eigenvalue weighted by atomic mass is 10.1. The molecule has 1 amide bonds. The number of ether oxygens (including phenoxy) is 1. The SMILES string of the molecule is CCCCCCOc1c(Br)cc(/C=N\NC(=O)c2ccc(-c3csc(Nc4ccc(Cl)cc4)n3)cc2)cc1Br. The molecule has 0 atom stereocenters. The van der Waals surface area contributed by atoms with Gasteiger partial charge in [0.1, 0.15) is 5.75 Å². The number of hydrazone groups is 1. The maximum absolute atomic E-state index is 12.6. The summed E-state index contributed by atoms with van der Waals surface area (Å²) in [4.78, 5) is 17.2. The fourth-order valence-electron chi connectivity index (χ4n) is 3.64. The number of rotatable bonds is 12. The number of carbonyl (C=O) groups is 1. The molecule has 4 rings (SSSR count). The predicted molar refractivity (Wildman–Crippen MR) is 169 cm³/mol. The number of benzene rings is 3. The Hall–Kier alpha value is -2.72. The van der Waals surface area contributed by atoms with E-state index in [0.29, 0.717) is 17.2 Å². The van der Waals surface area contributed by atoms with E-state index >= 15 is 0 Å². The summed E-state index contributed by atoms with van der Waals surface area (Å²) in [7, 11) is 0. The second kappa shape index (κ2) is 14.6. The average Bonchev–Trinajstić information content (AvgIpc) is 3.39. The van der Waals surface area contributed by atoms with E-state index in [9.17, 15) is 4.79 Å². The van der Waals surface area contributed by atoms with Crippen molar-refractivity contribution in [3.8, 4) is 17.0 Å². The van der Waals surface area contributed by atoms with Crippen LogP contribution in [0.5, 0.6) is 5.75 Å². The quantitative estimate of drug-likeness (QED) is 0.0883. The van der Waals surface area contributed by atoms with Gasteiger partial charge in [0.05, 0.1) is 27.5 Å². The van der Waals surface area contributed by atoms with Crippen molar-refractivity contribution in [2.75, 3.05) is 11.9 Å². The third-order valence-corrected chi connectivity index (χ3v) is 7.87. The van der Waals surface area contributed by atoms with E-state index in [2.05, 4.69) is 59.6 Å². The van der Waals surface area contributed by atoms with Gasteiger partial charge in [0, 0.05) is 27.2 Å². The van der Waals surface area contributed by atoms with Gasteiger partial charge in [0.25, 0.3) is 5.91 Å². The Morgan fingerprint density at radius 3 is 2.46 bits per heavy atom. The predicted octanol–water partition coefficient (Wildman–Crippen LogP) is 9.46. The number of aromatic nitrogens is 1. The van der Waals surface area contributed by atoms with Crippen LogP contribution < -0.4 is 15.5 Å². The van der Waals surface area contributed by atoms with Gasteiger partial charge in [-0.15, -0.1) is 11.3 Å². The zero-order chi connectivity index (χ0) is 27.6. The van der Waals surface area contributed by atoms with Crippen molar-refractivity contribution in [1.82, 2.24) is 10.4 Å². The van der Waals surface area contributed by atoms with Crippen molar-refractivity contribution < 1.29 is 9.53 Å². The summed E-state index contributed by atoms with van der Waals surface area (Å²) in [5.41, 5.74) is 6.55. The van der Waals surface area contributed by atoms with E-state index in [1.807, 2.05) is 53.9 Å². The van der Waals surface area contributed by atoms with Crippen LogP contribution in [0, 0.1) is 0 Å². The third-order valence-electron chi connectivity index (χ3n) is 5.69. The lowest BCUT2D eigenvalue weighted by molar-refractivity contribution is 0.0955. The maximum Gasteiger partial charge on any atom is 0.271 e. The van der Waals surface area contributed by atoms with Crippen LogP contribution in [0.4, 0.5) is 10.8 Å². The first-order valence-corrected chi connectivity index (χ1v) is 15.3. The summed E-state index contributed by atoms with van der Waals surface area (Å²) in [5.74, 6) is 0.465. The first-order valence-electron chi connectivity index (χ1n) is 12.5. The molecular formula is C29H27Br2ClN4O2S. The minimum Gasteiger partial charge on any atom is -0.491 e.